The second-order valence-electron chi connectivity index (χ2n) is 9.50. The van der Waals surface area contributed by atoms with Crippen LogP contribution in [0.5, 0.6) is 0 Å². The minimum atomic E-state index is -0.668. The van der Waals surface area contributed by atoms with E-state index in [1.165, 1.54) is 5.57 Å². The largest absolute Gasteiger partial charge is 0.394 e. The number of ether oxygens (including phenoxy) is 1. The highest BCUT2D eigenvalue weighted by molar-refractivity contribution is 5.99. The van der Waals surface area contributed by atoms with Crippen LogP contribution >= 0.6 is 0 Å². The van der Waals surface area contributed by atoms with Gasteiger partial charge in [-0.25, -0.2) is 0 Å². The summed E-state index contributed by atoms with van der Waals surface area (Å²) in [6.07, 6.45) is 5.70. The predicted molar refractivity (Wildman–Crippen MR) is 90.4 cm³/mol. The van der Waals surface area contributed by atoms with Gasteiger partial charge in [0.15, 0.2) is 11.9 Å². The Morgan fingerprint density at radius 1 is 1.29 bits per heavy atom. The van der Waals surface area contributed by atoms with E-state index >= 15 is 0 Å². The molecule has 0 aromatic carbocycles. The number of fused-ring (bicyclic) bond motifs is 1. The van der Waals surface area contributed by atoms with Gasteiger partial charge < -0.3 is 14.9 Å². The number of hydrogen-bond acceptors (Lipinski definition) is 4. The Kier molecular flexibility index (Phi) is 3.29. The molecular formula is C20H30O4. The Hall–Kier alpha value is -0.710. The average Bonchev–Trinajstić information content (AvgIpc) is 3.31. The topological polar surface area (TPSA) is 70.1 Å². The summed E-state index contributed by atoms with van der Waals surface area (Å²) in [4.78, 5) is 12.5. The molecule has 2 N–H and O–H groups in total. The fraction of sp³-hybridized carbons (Fsp3) is 0.850. The molecule has 0 unspecified atom stereocenters. The molecule has 2 saturated carbocycles. The van der Waals surface area contributed by atoms with Gasteiger partial charge in [-0.15, -0.1) is 0 Å². The minimum absolute atomic E-state index is 0.0372. The van der Waals surface area contributed by atoms with Crippen molar-refractivity contribution < 1.29 is 19.7 Å². The van der Waals surface area contributed by atoms with E-state index in [-0.39, 0.29) is 40.3 Å². The Morgan fingerprint density at radius 3 is 2.67 bits per heavy atom. The molecule has 24 heavy (non-hydrogen) atoms. The van der Waals surface area contributed by atoms with E-state index in [1.807, 2.05) is 6.08 Å². The van der Waals surface area contributed by atoms with Crippen molar-refractivity contribution >= 4 is 5.78 Å². The van der Waals surface area contributed by atoms with Crippen LogP contribution in [0.2, 0.25) is 0 Å². The van der Waals surface area contributed by atoms with E-state index in [1.54, 1.807) is 0 Å². The zero-order valence-corrected chi connectivity index (χ0v) is 15.3. The van der Waals surface area contributed by atoms with E-state index in [2.05, 4.69) is 27.7 Å². The number of hydrogen-bond donors (Lipinski definition) is 2. The first-order chi connectivity index (χ1) is 11.1. The van der Waals surface area contributed by atoms with Gasteiger partial charge in [-0.1, -0.05) is 26.3 Å². The fourth-order valence-electron chi connectivity index (χ4n) is 6.55. The van der Waals surface area contributed by atoms with Gasteiger partial charge >= 0.3 is 0 Å². The van der Waals surface area contributed by atoms with Gasteiger partial charge in [0, 0.05) is 10.8 Å². The molecule has 3 aliphatic carbocycles. The normalized spacial score (nSPS) is 54.2. The van der Waals surface area contributed by atoms with Crippen LogP contribution in [0.25, 0.3) is 0 Å². The van der Waals surface area contributed by atoms with E-state index in [4.69, 9.17) is 4.74 Å². The summed E-state index contributed by atoms with van der Waals surface area (Å²) in [6, 6.07) is 0. The summed E-state index contributed by atoms with van der Waals surface area (Å²) in [5.74, 6) is 0.560. The molecule has 0 radical (unpaired) electrons. The second-order valence-corrected chi connectivity index (χ2v) is 9.50. The molecule has 0 aromatic rings. The number of rotatable bonds is 2. The molecule has 4 rings (SSSR count). The van der Waals surface area contributed by atoms with Crippen LogP contribution in [-0.2, 0) is 9.53 Å². The first-order valence-corrected chi connectivity index (χ1v) is 9.34. The van der Waals surface area contributed by atoms with Crippen LogP contribution in [0.3, 0.4) is 0 Å². The van der Waals surface area contributed by atoms with Gasteiger partial charge in [-0.05, 0) is 56.4 Å². The number of epoxide rings is 1. The standard InChI is InChI=1S/C20H30O4/c1-12-9-14(22)16-20(24-16)18(12,3)6-5-13-10-17(2,15(23)11-21)7-8-19(13,20)4/h9,13,15-16,21,23H,5-8,10-11H2,1-4H3/t13-,15+,16+,17-,18+,19-,20+/m0/s1. The monoisotopic (exact) mass is 334 g/mol. The molecule has 1 heterocycles. The van der Waals surface area contributed by atoms with Gasteiger partial charge in [0.25, 0.3) is 0 Å². The van der Waals surface area contributed by atoms with E-state index in [0.717, 1.165) is 32.1 Å². The second kappa shape index (κ2) is 4.72. The molecule has 3 fully saturated rings. The van der Waals surface area contributed by atoms with Crippen molar-refractivity contribution in [1.82, 2.24) is 0 Å². The summed E-state index contributed by atoms with van der Waals surface area (Å²) in [7, 11) is 0. The molecule has 4 nitrogen and oxygen atoms in total. The maximum absolute atomic E-state index is 12.5. The molecule has 1 spiro atoms. The lowest BCUT2D eigenvalue weighted by atomic mass is 9.42. The van der Waals surface area contributed by atoms with Gasteiger partial charge in [0.05, 0.1) is 12.7 Å². The molecule has 0 amide bonds. The smallest absolute Gasteiger partial charge is 0.187 e. The van der Waals surface area contributed by atoms with Gasteiger partial charge in [0.2, 0.25) is 0 Å². The van der Waals surface area contributed by atoms with Gasteiger partial charge in [-0.2, -0.15) is 0 Å². The van der Waals surface area contributed by atoms with Crippen LogP contribution in [0.15, 0.2) is 11.6 Å². The number of carbonyl (C=O) groups is 1. The molecular weight excluding hydrogens is 304 g/mol. The van der Waals surface area contributed by atoms with Crippen LogP contribution < -0.4 is 0 Å². The highest BCUT2D eigenvalue weighted by atomic mass is 16.6. The maximum atomic E-state index is 12.5. The SMILES string of the molecule is CC1=CC(=O)[C@H]2O[C@]23[C@@]2(C)CC[C@](C)([C@H](O)CO)C[C@@H]2CC[C@]13C. The van der Waals surface area contributed by atoms with Gasteiger partial charge in [0.1, 0.15) is 5.60 Å². The molecule has 1 saturated heterocycles. The van der Waals surface area contributed by atoms with Crippen molar-refractivity contribution in [3.05, 3.63) is 11.6 Å². The predicted octanol–water partition coefficient (Wildman–Crippen LogP) is 2.62. The summed E-state index contributed by atoms with van der Waals surface area (Å²) in [5.41, 5.74) is 0.483. The van der Waals surface area contributed by atoms with E-state index < -0.39 is 6.10 Å². The highest BCUT2D eigenvalue weighted by Gasteiger charge is 2.81. The zero-order chi connectivity index (χ0) is 17.5. The molecule has 1 aliphatic heterocycles. The average molecular weight is 334 g/mol. The van der Waals surface area contributed by atoms with Crippen molar-refractivity contribution in [1.29, 1.82) is 0 Å². The summed E-state index contributed by atoms with van der Waals surface area (Å²) >= 11 is 0. The Balaban J connectivity index is 1.73. The Labute approximate surface area is 144 Å². The number of aliphatic hydroxyl groups is 2. The Morgan fingerprint density at radius 2 is 2.00 bits per heavy atom. The highest BCUT2D eigenvalue weighted by Crippen LogP contribution is 2.75. The lowest BCUT2D eigenvalue weighted by Gasteiger charge is -2.61. The lowest BCUT2D eigenvalue weighted by molar-refractivity contribution is -0.140. The first-order valence-electron chi connectivity index (χ1n) is 9.34. The maximum Gasteiger partial charge on any atom is 0.187 e. The minimum Gasteiger partial charge on any atom is -0.394 e. The third kappa shape index (κ3) is 1.68. The lowest BCUT2D eigenvalue weighted by Crippen LogP contribution is -2.62. The Bertz CT molecular complexity index is 627. The summed E-state index contributed by atoms with van der Waals surface area (Å²) in [5, 5.41) is 19.8. The van der Waals surface area contributed by atoms with Crippen molar-refractivity contribution in [3.8, 4) is 0 Å². The van der Waals surface area contributed by atoms with Crippen LogP contribution in [0, 0.1) is 22.2 Å². The van der Waals surface area contributed by atoms with Crippen molar-refractivity contribution in [2.75, 3.05) is 6.61 Å². The third-order valence-corrected chi connectivity index (χ3v) is 8.57. The van der Waals surface area contributed by atoms with E-state index in [0.29, 0.717) is 5.92 Å². The van der Waals surface area contributed by atoms with Crippen molar-refractivity contribution in [2.45, 2.75) is 77.6 Å². The molecule has 4 aliphatic rings. The fourth-order valence-corrected chi connectivity index (χ4v) is 6.55. The van der Waals surface area contributed by atoms with Gasteiger partial charge in [-0.3, -0.25) is 4.79 Å². The van der Waals surface area contributed by atoms with Crippen LogP contribution in [0.4, 0.5) is 0 Å². The summed E-state index contributed by atoms with van der Waals surface area (Å²) < 4.78 is 6.27. The molecule has 0 aromatic heterocycles. The molecule has 7 atom stereocenters. The quantitative estimate of drug-likeness (QED) is 0.762. The number of ketones is 1. The number of carbonyl (C=O) groups excluding carboxylic acids is 1. The number of aliphatic hydroxyl groups excluding tert-OH is 2. The van der Waals surface area contributed by atoms with Crippen LogP contribution in [-0.4, -0.2) is 40.4 Å². The summed E-state index contributed by atoms with van der Waals surface area (Å²) in [6.45, 7) is 8.60. The first kappa shape index (κ1) is 16.7. The van der Waals surface area contributed by atoms with Crippen molar-refractivity contribution in [2.24, 2.45) is 22.2 Å². The molecule has 4 heteroatoms. The van der Waals surface area contributed by atoms with E-state index in [9.17, 15) is 15.0 Å². The molecule has 134 valence electrons. The third-order valence-electron chi connectivity index (χ3n) is 8.57. The zero-order valence-electron chi connectivity index (χ0n) is 15.3. The van der Waals surface area contributed by atoms with Crippen molar-refractivity contribution in [3.63, 3.8) is 0 Å². The molecule has 0 bridgehead atoms. The van der Waals surface area contributed by atoms with Crippen LogP contribution in [0.1, 0.15) is 59.8 Å².